The quantitative estimate of drug-likeness (QED) is 0.610. The molecule has 0 aliphatic heterocycles. The Bertz CT molecular complexity index is 1240. The van der Waals surface area contributed by atoms with E-state index in [1.165, 1.54) is 12.1 Å². The molecule has 30 heavy (non-hydrogen) atoms. The summed E-state index contributed by atoms with van der Waals surface area (Å²) >= 11 is 5.95. The zero-order valence-electron chi connectivity index (χ0n) is 16.0. The summed E-state index contributed by atoms with van der Waals surface area (Å²) < 4.78 is 35.7. The number of halogens is 1. The standard InChI is InChI=1S/C19H19ClN4O5S/c1-30(26,27)24-15-3-2-14(28-15)16(25)22-12-7-19(8-12)5-10(6-19)17-23-13-4-11(20)9-21-18(13)29-17/h2-4,9-10,12,24H,5-8H2,1H3,(H,22,25). The van der Waals surface area contributed by atoms with E-state index in [0.717, 1.165) is 31.9 Å². The second-order valence-electron chi connectivity index (χ2n) is 8.25. The topological polar surface area (TPSA) is 127 Å². The van der Waals surface area contributed by atoms with Crippen molar-refractivity contribution in [2.45, 2.75) is 37.6 Å². The van der Waals surface area contributed by atoms with E-state index in [-0.39, 0.29) is 34.9 Å². The molecule has 0 radical (unpaired) electrons. The molecule has 0 saturated heterocycles. The monoisotopic (exact) mass is 450 g/mol. The molecule has 5 rings (SSSR count). The summed E-state index contributed by atoms with van der Waals surface area (Å²) in [4.78, 5) is 21.0. The van der Waals surface area contributed by atoms with Crippen LogP contribution in [0.3, 0.4) is 0 Å². The number of pyridine rings is 1. The van der Waals surface area contributed by atoms with Crippen molar-refractivity contribution >= 4 is 44.6 Å². The second kappa shape index (κ2) is 6.71. The molecule has 11 heteroatoms. The predicted molar refractivity (Wildman–Crippen MR) is 109 cm³/mol. The summed E-state index contributed by atoms with van der Waals surface area (Å²) in [6.45, 7) is 0. The number of anilines is 1. The molecule has 2 aliphatic carbocycles. The van der Waals surface area contributed by atoms with Crippen molar-refractivity contribution in [2.24, 2.45) is 5.41 Å². The minimum atomic E-state index is -3.46. The van der Waals surface area contributed by atoms with E-state index < -0.39 is 10.0 Å². The van der Waals surface area contributed by atoms with Crippen LogP contribution in [0.25, 0.3) is 11.2 Å². The third-order valence-electron chi connectivity index (χ3n) is 5.75. The molecule has 1 spiro atoms. The highest BCUT2D eigenvalue weighted by Crippen LogP contribution is 2.61. The van der Waals surface area contributed by atoms with Crippen molar-refractivity contribution in [3.05, 3.63) is 41.1 Å². The molecule has 0 unspecified atom stereocenters. The number of furan rings is 1. The molecular weight excluding hydrogens is 432 g/mol. The number of carbonyl (C=O) groups is 1. The maximum atomic E-state index is 12.3. The zero-order chi connectivity index (χ0) is 21.1. The van der Waals surface area contributed by atoms with Crippen LogP contribution in [0.5, 0.6) is 0 Å². The molecule has 158 valence electrons. The van der Waals surface area contributed by atoms with Crippen LogP contribution in [0.2, 0.25) is 5.02 Å². The van der Waals surface area contributed by atoms with Crippen LogP contribution in [0.15, 0.2) is 33.2 Å². The Kier molecular flexibility index (Phi) is 4.33. The number of carbonyl (C=O) groups excluding carboxylic acids is 1. The molecule has 0 aromatic carbocycles. The number of hydrogen-bond acceptors (Lipinski definition) is 7. The van der Waals surface area contributed by atoms with Crippen LogP contribution in [-0.4, -0.2) is 36.6 Å². The van der Waals surface area contributed by atoms with Crippen molar-refractivity contribution in [3.63, 3.8) is 0 Å². The van der Waals surface area contributed by atoms with Gasteiger partial charge in [0.1, 0.15) is 5.52 Å². The fourth-order valence-corrected chi connectivity index (χ4v) is 5.15. The summed E-state index contributed by atoms with van der Waals surface area (Å²) in [6, 6.07) is 4.67. The average molecular weight is 451 g/mol. The van der Waals surface area contributed by atoms with Gasteiger partial charge in [0.25, 0.3) is 5.91 Å². The van der Waals surface area contributed by atoms with Gasteiger partial charge < -0.3 is 14.2 Å². The Morgan fingerprint density at radius 3 is 2.73 bits per heavy atom. The summed E-state index contributed by atoms with van der Waals surface area (Å²) in [7, 11) is -3.46. The van der Waals surface area contributed by atoms with Gasteiger partial charge in [0, 0.05) is 24.2 Å². The number of oxazole rings is 1. The minimum absolute atomic E-state index is 0.0173. The van der Waals surface area contributed by atoms with Gasteiger partial charge in [-0.2, -0.15) is 0 Å². The van der Waals surface area contributed by atoms with Gasteiger partial charge in [0.2, 0.25) is 27.5 Å². The number of amides is 1. The van der Waals surface area contributed by atoms with Gasteiger partial charge >= 0.3 is 0 Å². The lowest BCUT2D eigenvalue weighted by Crippen LogP contribution is -2.55. The van der Waals surface area contributed by atoms with Crippen molar-refractivity contribution in [3.8, 4) is 0 Å². The Morgan fingerprint density at radius 2 is 2.00 bits per heavy atom. The first-order chi connectivity index (χ1) is 14.2. The normalized spacial score (nSPS) is 25.7. The molecule has 0 bridgehead atoms. The minimum Gasteiger partial charge on any atom is -0.435 e. The largest absolute Gasteiger partial charge is 0.435 e. The van der Waals surface area contributed by atoms with Gasteiger partial charge in [0.15, 0.2) is 5.76 Å². The van der Waals surface area contributed by atoms with Crippen LogP contribution in [0.4, 0.5) is 5.88 Å². The van der Waals surface area contributed by atoms with Crippen LogP contribution < -0.4 is 10.0 Å². The Hall–Kier alpha value is -2.59. The maximum absolute atomic E-state index is 12.3. The SMILES string of the molecule is CS(=O)(=O)Nc1ccc(C(=O)NC2CC3(C2)CC(c2nc4cc(Cl)cnc4o2)C3)o1. The highest BCUT2D eigenvalue weighted by Gasteiger charge is 2.54. The number of nitrogens with zero attached hydrogens (tertiary/aromatic N) is 2. The molecule has 3 aromatic rings. The molecule has 3 heterocycles. The van der Waals surface area contributed by atoms with E-state index in [1.807, 2.05) is 0 Å². The van der Waals surface area contributed by atoms with E-state index >= 15 is 0 Å². The van der Waals surface area contributed by atoms with Gasteiger partial charge in [-0.15, -0.1) is 0 Å². The second-order valence-corrected chi connectivity index (χ2v) is 10.4. The highest BCUT2D eigenvalue weighted by atomic mass is 35.5. The van der Waals surface area contributed by atoms with E-state index in [0.29, 0.717) is 22.1 Å². The number of rotatable bonds is 5. The lowest BCUT2D eigenvalue weighted by Gasteiger charge is -2.57. The van der Waals surface area contributed by atoms with Crippen molar-refractivity contribution in [2.75, 3.05) is 11.0 Å². The molecule has 2 aliphatic rings. The van der Waals surface area contributed by atoms with Crippen LogP contribution >= 0.6 is 11.6 Å². The first-order valence-electron chi connectivity index (χ1n) is 9.49. The van der Waals surface area contributed by atoms with Crippen molar-refractivity contribution in [1.82, 2.24) is 15.3 Å². The first-order valence-corrected chi connectivity index (χ1v) is 11.8. The molecule has 2 N–H and O–H groups in total. The van der Waals surface area contributed by atoms with E-state index in [2.05, 4.69) is 20.0 Å². The summed E-state index contributed by atoms with van der Waals surface area (Å²) in [5.41, 5.74) is 1.37. The smallest absolute Gasteiger partial charge is 0.287 e. The van der Waals surface area contributed by atoms with Crippen LogP contribution in [0.1, 0.15) is 48.0 Å². The molecule has 9 nitrogen and oxygen atoms in total. The number of sulfonamides is 1. The van der Waals surface area contributed by atoms with Crippen LogP contribution in [-0.2, 0) is 10.0 Å². The Morgan fingerprint density at radius 1 is 1.23 bits per heavy atom. The predicted octanol–water partition coefficient (Wildman–Crippen LogP) is 3.30. The molecule has 1 amide bonds. The lowest BCUT2D eigenvalue weighted by atomic mass is 9.50. The van der Waals surface area contributed by atoms with E-state index in [4.69, 9.17) is 20.4 Å². The number of nitrogens with one attached hydrogen (secondary N) is 2. The third-order valence-corrected chi connectivity index (χ3v) is 6.53. The highest BCUT2D eigenvalue weighted by molar-refractivity contribution is 7.92. The van der Waals surface area contributed by atoms with E-state index in [9.17, 15) is 13.2 Å². The first kappa shape index (κ1) is 19.4. The summed E-state index contributed by atoms with van der Waals surface area (Å²) in [5, 5.41) is 3.47. The number of hydrogen-bond donors (Lipinski definition) is 2. The molecule has 2 fully saturated rings. The fraction of sp³-hybridized carbons (Fsp3) is 0.421. The lowest BCUT2D eigenvalue weighted by molar-refractivity contribution is -0.0256. The van der Waals surface area contributed by atoms with Gasteiger partial charge in [-0.05, 0) is 43.2 Å². The van der Waals surface area contributed by atoms with Gasteiger partial charge in [-0.25, -0.2) is 18.4 Å². The number of aromatic nitrogens is 2. The zero-order valence-corrected chi connectivity index (χ0v) is 17.6. The molecule has 0 atom stereocenters. The van der Waals surface area contributed by atoms with Gasteiger partial charge in [-0.1, -0.05) is 11.6 Å². The maximum Gasteiger partial charge on any atom is 0.287 e. The fourth-order valence-electron chi connectivity index (χ4n) is 4.53. The van der Waals surface area contributed by atoms with Crippen LogP contribution in [0, 0.1) is 5.41 Å². The van der Waals surface area contributed by atoms with Gasteiger partial charge in [-0.3, -0.25) is 9.52 Å². The van der Waals surface area contributed by atoms with Gasteiger partial charge in [0.05, 0.1) is 11.3 Å². The Labute approximate surface area is 177 Å². The van der Waals surface area contributed by atoms with Crippen molar-refractivity contribution < 1.29 is 22.0 Å². The number of fused-ring (bicyclic) bond motifs is 1. The third kappa shape index (κ3) is 3.65. The molecule has 2 saturated carbocycles. The molecule has 3 aromatic heterocycles. The summed E-state index contributed by atoms with van der Waals surface area (Å²) in [5.74, 6) is 0.688. The summed E-state index contributed by atoms with van der Waals surface area (Å²) in [6.07, 6.45) is 6.25. The Balaban J connectivity index is 1.14. The molecular formula is C19H19ClN4O5S. The van der Waals surface area contributed by atoms with E-state index in [1.54, 1.807) is 12.3 Å². The van der Waals surface area contributed by atoms with Crippen molar-refractivity contribution in [1.29, 1.82) is 0 Å². The average Bonchev–Trinajstić information content (AvgIpc) is 3.20.